The van der Waals surface area contributed by atoms with E-state index in [0.717, 1.165) is 12.8 Å². The molecule has 2 fully saturated rings. The number of fused-ring (bicyclic) bond motifs is 2. The van der Waals surface area contributed by atoms with Gasteiger partial charge in [-0.25, -0.2) is 0 Å². The number of aliphatic hydroxyl groups excluding tert-OH is 1. The largest absolute Gasteiger partial charge is 0.469 e. The lowest BCUT2D eigenvalue weighted by atomic mass is 9.82. The van der Waals surface area contributed by atoms with Crippen LogP contribution in [0.15, 0.2) is 18.2 Å². The number of amides is 2. The van der Waals surface area contributed by atoms with Crippen LogP contribution in [0.5, 0.6) is 0 Å². The van der Waals surface area contributed by atoms with Gasteiger partial charge in [0, 0.05) is 41.6 Å². The van der Waals surface area contributed by atoms with Gasteiger partial charge in [-0.2, -0.15) is 0 Å². The maximum Gasteiger partial charge on any atom is 0.305 e. The van der Waals surface area contributed by atoms with Crippen LogP contribution in [-0.2, 0) is 29.5 Å². The smallest absolute Gasteiger partial charge is 0.305 e. The standard InChI is InChI=1S/C27H39ClN2O7Si/c1-17-25(38(3,4)35)22(15-23(32)29-13-7-8-19(29)16-31)37-27(17)20-14-18(28)10-11-21(20)30(26(27)34)12-6-5-9-24(33)36-2/h10-11,14,17,19,22,25,31,35H,5-9,12-13,15-16H2,1-4H3/t17-,19+,22+,25-,27+/m1/s1. The Morgan fingerprint density at radius 3 is 2.68 bits per heavy atom. The van der Waals surface area contributed by atoms with Gasteiger partial charge in [0.2, 0.25) is 5.91 Å². The third-order valence-electron chi connectivity index (χ3n) is 8.47. The van der Waals surface area contributed by atoms with Crippen molar-refractivity contribution in [2.24, 2.45) is 5.92 Å². The molecular formula is C27H39ClN2O7Si. The van der Waals surface area contributed by atoms with Gasteiger partial charge in [0.15, 0.2) is 13.9 Å². The minimum atomic E-state index is -2.91. The fourth-order valence-electron chi connectivity index (χ4n) is 6.76. The lowest BCUT2D eigenvalue weighted by molar-refractivity contribution is -0.150. The van der Waals surface area contributed by atoms with Crippen LogP contribution < -0.4 is 4.90 Å². The number of methoxy groups -OCH3 is 1. The van der Waals surface area contributed by atoms with E-state index in [4.69, 9.17) is 21.1 Å². The molecule has 3 aliphatic heterocycles. The Balaban J connectivity index is 1.65. The van der Waals surface area contributed by atoms with Crippen molar-refractivity contribution in [3.63, 3.8) is 0 Å². The lowest BCUT2D eigenvalue weighted by Crippen LogP contribution is -2.46. The minimum Gasteiger partial charge on any atom is -0.469 e. The summed E-state index contributed by atoms with van der Waals surface area (Å²) in [6.07, 6.45) is 2.41. The zero-order valence-corrected chi connectivity index (χ0v) is 24.4. The highest BCUT2D eigenvalue weighted by molar-refractivity contribution is 6.71. The van der Waals surface area contributed by atoms with Crippen molar-refractivity contribution in [2.45, 2.75) is 81.8 Å². The number of halogens is 1. The minimum absolute atomic E-state index is 0.0343. The summed E-state index contributed by atoms with van der Waals surface area (Å²) >= 11 is 6.41. The lowest BCUT2D eigenvalue weighted by Gasteiger charge is -2.32. The molecule has 210 valence electrons. The van der Waals surface area contributed by atoms with E-state index < -0.39 is 25.9 Å². The number of carbonyl (C=O) groups excluding carboxylic acids is 3. The molecule has 0 radical (unpaired) electrons. The van der Waals surface area contributed by atoms with Crippen LogP contribution in [0.3, 0.4) is 0 Å². The van der Waals surface area contributed by atoms with E-state index in [-0.39, 0.29) is 48.8 Å². The summed E-state index contributed by atoms with van der Waals surface area (Å²) in [5.74, 6) is -1.05. The SMILES string of the molecule is COC(=O)CCCCN1C(=O)[C@@]2(O[C@@H](CC(=O)N3CCC[C@H]3CO)[C@H]([Si](C)(C)O)[C@H]2C)c2cc(Cl)ccc21. The molecule has 38 heavy (non-hydrogen) atoms. The summed E-state index contributed by atoms with van der Waals surface area (Å²) in [5, 5.41) is 10.2. The molecule has 1 aromatic carbocycles. The Labute approximate surface area is 230 Å². The average Bonchev–Trinajstić information content (AvgIpc) is 3.51. The summed E-state index contributed by atoms with van der Waals surface area (Å²) < 4.78 is 11.4. The number of hydrogen-bond acceptors (Lipinski definition) is 7. The van der Waals surface area contributed by atoms with Gasteiger partial charge in [0.25, 0.3) is 5.91 Å². The van der Waals surface area contributed by atoms with Crippen molar-refractivity contribution < 1.29 is 33.8 Å². The van der Waals surface area contributed by atoms with E-state index in [9.17, 15) is 24.3 Å². The highest BCUT2D eigenvalue weighted by Gasteiger charge is 2.66. The molecule has 1 aromatic rings. The second-order valence-electron chi connectivity index (χ2n) is 11.3. The van der Waals surface area contributed by atoms with E-state index in [1.54, 1.807) is 21.9 Å². The maximum atomic E-state index is 14.2. The maximum absolute atomic E-state index is 14.2. The van der Waals surface area contributed by atoms with Crippen LogP contribution in [0.2, 0.25) is 23.7 Å². The van der Waals surface area contributed by atoms with E-state index in [1.807, 2.05) is 26.1 Å². The first-order valence-corrected chi connectivity index (χ1v) is 16.8. The molecule has 9 nitrogen and oxygen atoms in total. The predicted molar refractivity (Wildman–Crippen MR) is 145 cm³/mol. The van der Waals surface area contributed by atoms with Crippen LogP contribution in [0.4, 0.5) is 5.69 Å². The summed E-state index contributed by atoms with van der Waals surface area (Å²) in [7, 11) is -1.56. The second-order valence-corrected chi connectivity index (χ2v) is 15.7. The first-order chi connectivity index (χ1) is 17.9. The number of rotatable bonds is 9. The van der Waals surface area contributed by atoms with Gasteiger partial charge in [0.1, 0.15) is 0 Å². The van der Waals surface area contributed by atoms with Gasteiger partial charge in [-0.1, -0.05) is 18.5 Å². The van der Waals surface area contributed by atoms with Crippen LogP contribution >= 0.6 is 11.6 Å². The number of aliphatic hydroxyl groups is 1. The van der Waals surface area contributed by atoms with Gasteiger partial charge in [-0.15, -0.1) is 0 Å². The highest BCUT2D eigenvalue weighted by atomic mass is 35.5. The van der Waals surface area contributed by atoms with Crippen LogP contribution in [-0.4, -0.2) is 79.9 Å². The Kier molecular flexibility index (Phi) is 8.59. The van der Waals surface area contributed by atoms with Gasteiger partial charge in [-0.3, -0.25) is 14.4 Å². The number of benzene rings is 1. The molecule has 3 heterocycles. The molecule has 11 heteroatoms. The van der Waals surface area contributed by atoms with Gasteiger partial charge in [0.05, 0.1) is 38.0 Å². The van der Waals surface area contributed by atoms with Crippen LogP contribution in [0, 0.1) is 5.92 Å². The Morgan fingerprint density at radius 2 is 2.03 bits per heavy atom. The summed E-state index contributed by atoms with van der Waals surface area (Å²) in [4.78, 5) is 53.9. The highest BCUT2D eigenvalue weighted by Crippen LogP contribution is 2.60. The van der Waals surface area contributed by atoms with Crippen LogP contribution in [0.25, 0.3) is 0 Å². The quantitative estimate of drug-likeness (QED) is 0.268. The zero-order valence-electron chi connectivity index (χ0n) is 22.6. The zero-order chi connectivity index (χ0) is 27.8. The second kappa shape index (κ2) is 11.2. The predicted octanol–water partition coefficient (Wildman–Crippen LogP) is 3.20. The number of anilines is 1. The molecule has 3 aliphatic rings. The average molecular weight is 567 g/mol. The Bertz CT molecular complexity index is 1080. The number of ether oxygens (including phenoxy) is 2. The molecule has 2 N–H and O–H groups in total. The Morgan fingerprint density at radius 1 is 1.29 bits per heavy atom. The van der Waals surface area contributed by atoms with E-state index in [1.165, 1.54) is 7.11 Å². The first-order valence-electron chi connectivity index (χ1n) is 13.4. The number of carbonyl (C=O) groups is 3. The summed E-state index contributed by atoms with van der Waals surface area (Å²) in [6, 6.07) is 5.10. The molecular weight excluding hydrogens is 528 g/mol. The molecule has 0 saturated carbocycles. The van der Waals surface area contributed by atoms with Gasteiger partial charge in [-0.05, 0) is 57.0 Å². The van der Waals surface area contributed by atoms with E-state index >= 15 is 0 Å². The third-order valence-corrected chi connectivity index (χ3v) is 11.2. The number of esters is 1. The summed E-state index contributed by atoms with van der Waals surface area (Å²) in [6.45, 7) is 6.46. The molecule has 2 amide bonds. The topological polar surface area (TPSA) is 117 Å². The van der Waals surface area contributed by atoms with E-state index in [0.29, 0.717) is 42.2 Å². The molecule has 4 rings (SSSR count). The van der Waals surface area contributed by atoms with Crippen molar-refractivity contribution in [3.8, 4) is 0 Å². The van der Waals surface area contributed by atoms with Gasteiger partial charge < -0.3 is 29.2 Å². The normalized spacial score (nSPS) is 28.9. The third kappa shape index (κ3) is 5.13. The molecule has 2 saturated heterocycles. The first kappa shape index (κ1) is 29.0. The van der Waals surface area contributed by atoms with Crippen molar-refractivity contribution in [1.29, 1.82) is 0 Å². The number of unbranched alkanes of at least 4 members (excludes halogenated alkanes) is 1. The Hall–Kier alpha value is -1.98. The molecule has 1 spiro atoms. The monoisotopic (exact) mass is 566 g/mol. The van der Waals surface area contributed by atoms with E-state index in [2.05, 4.69) is 0 Å². The molecule has 0 aromatic heterocycles. The van der Waals surface area contributed by atoms with Crippen molar-refractivity contribution in [1.82, 2.24) is 4.90 Å². The molecule has 0 unspecified atom stereocenters. The van der Waals surface area contributed by atoms with Gasteiger partial charge >= 0.3 is 5.97 Å². The van der Waals surface area contributed by atoms with Crippen molar-refractivity contribution in [2.75, 3.05) is 31.7 Å². The van der Waals surface area contributed by atoms with Crippen LogP contribution in [0.1, 0.15) is 51.0 Å². The van der Waals surface area contributed by atoms with Crippen molar-refractivity contribution >= 4 is 43.4 Å². The van der Waals surface area contributed by atoms with Crippen molar-refractivity contribution in [3.05, 3.63) is 28.8 Å². The molecule has 0 aliphatic carbocycles. The number of likely N-dealkylation sites (tertiary alicyclic amines) is 1. The summed E-state index contributed by atoms with van der Waals surface area (Å²) in [5.41, 5.74) is -0.390. The fourth-order valence-corrected chi connectivity index (χ4v) is 9.48. The number of nitrogens with zero attached hydrogens (tertiary/aromatic N) is 2. The molecule has 5 atom stereocenters. The fraction of sp³-hybridized carbons (Fsp3) is 0.667. The number of hydrogen-bond donors (Lipinski definition) is 2. The molecule has 0 bridgehead atoms.